The third kappa shape index (κ3) is 3.79. The lowest BCUT2D eigenvalue weighted by atomic mass is 9.83. The zero-order valence-electron chi connectivity index (χ0n) is 11.7. The molecular weight excluding hydrogens is 260 g/mol. The minimum absolute atomic E-state index is 0.0583. The number of hydrogen-bond acceptors (Lipinski definition) is 6. The Labute approximate surface area is 117 Å². The van der Waals surface area contributed by atoms with Gasteiger partial charge in [-0.1, -0.05) is 26.2 Å². The minimum atomic E-state index is -0.512. The maximum absolute atomic E-state index is 10.9. The molecule has 7 heteroatoms. The maximum atomic E-state index is 10.9. The van der Waals surface area contributed by atoms with Gasteiger partial charge in [0.05, 0.1) is 11.5 Å². The average Bonchev–Trinajstić information content (AvgIpc) is 2.39. The van der Waals surface area contributed by atoms with Gasteiger partial charge in [0, 0.05) is 6.54 Å². The van der Waals surface area contributed by atoms with E-state index in [-0.39, 0.29) is 11.6 Å². The van der Waals surface area contributed by atoms with Gasteiger partial charge in [0.2, 0.25) is 5.95 Å². The molecule has 1 aromatic heterocycles. The lowest BCUT2D eigenvalue weighted by Crippen LogP contribution is -2.15. The number of anilines is 1. The van der Waals surface area contributed by atoms with E-state index in [1.165, 1.54) is 25.5 Å². The highest BCUT2D eigenvalue weighted by Crippen LogP contribution is 2.30. The topological polar surface area (TPSA) is 90.2 Å². The van der Waals surface area contributed by atoms with Gasteiger partial charge in [0.25, 0.3) is 5.88 Å². The van der Waals surface area contributed by atoms with Crippen LogP contribution in [0, 0.1) is 16.0 Å². The molecule has 0 atom stereocenters. The molecule has 110 valence electrons. The molecule has 0 amide bonds. The van der Waals surface area contributed by atoms with Crippen molar-refractivity contribution >= 4 is 11.6 Å². The van der Waals surface area contributed by atoms with Crippen molar-refractivity contribution in [3.05, 3.63) is 16.3 Å². The van der Waals surface area contributed by atoms with Crippen LogP contribution < -0.4 is 10.1 Å². The van der Waals surface area contributed by atoms with Crippen LogP contribution in [0.5, 0.6) is 5.88 Å². The van der Waals surface area contributed by atoms with Crippen LogP contribution in [0.4, 0.5) is 11.6 Å². The molecule has 0 unspecified atom stereocenters. The van der Waals surface area contributed by atoms with Crippen LogP contribution in [0.15, 0.2) is 6.20 Å². The van der Waals surface area contributed by atoms with E-state index in [2.05, 4.69) is 15.3 Å². The summed E-state index contributed by atoms with van der Waals surface area (Å²) in [5, 5.41) is 13.9. The first kappa shape index (κ1) is 14.5. The fourth-order valence-corrected chi connectivity index (χ4v) is 2.02. The number of nitrogens with one attached hydrogen (secondary N) is 1. The molecule has 20 heavy (non-hydrogen) atoms. The molecule has 1 aliphatic carbocycles. The molecule has 1 aromatic rings. The molecule has 7 nitrogen and oxygen atoms in total. The van der Waals surface area contributed by atoms with E-state index < -0.39 is 4.92 Å². The van der Waals surface area contributed by atoms with Crippen molar-refractivity contribution in [2.75, 3.05) is 18.5 Å². The van der Waals surface area contributed by atoms with Gasteiger partial charge in [-0.15, -0.1) is 0 Å². The van der Waals surface area contributed by atoms with E-state index >= 15 is 0 Å². The van der Waals surface area contributed by atoms with Crippen molar-refractivity contribution < 1.29 is 9.66 Å². The normalized spacial score (nSPS) is 14.7. The molecule has 1 heterocycles. The first-order chi connectivity index (χ1) is 9.70. The highest BCUT2D eigenvalue weighted by atomic mass is 16.6. The number of rotatable bonds is 8. The standard InChI is InChI=1S/C13H20N4O3/c1-2-7-14-13-15-9-11(17(18)19)12(16-13)20-8-6-10-4-3-5-10/h9-10H,2-8H2,1H3,(H,14,15,16). The van der Waals surface area contributed by atoms with Gasteiger partial charge in [-0.2, -0.15) is 4.98 Å². The highest BCUT2D eigenvalue weighted by Gasteiger charge is 2.21. The molecule has 0 aliphatic heterocycles. The van der Waals surface area contributed by atoms with Crippen LogP contribution in [0.25, 0.3) is 0 Å². The Balaban J connectivity index is 1.99. The predicted molar refractivity (Wildman–Crippen MR) is 74.9 cm³/mol. The quantitative estimate of drug-likeness (QED) is 0.581. The Hall–Kier alpha value is -1.92. The summed E-state index contributed by atoms with van der Waals surface area (Å²) in [4.78, 5) is 18.4. The van der Waals surface area contributed by atoms with Gasteiger partial charge < -0.3 is 10.1 Å². The lowest BCUT2D eigenvalue weighted by molar-refractivity contribution is -0.386. The number of nitro groups is 1. The summed E-state index contributed by atoms with van der Waals surface area (Å²) in [5.74, 6) is 1.13. The molecular formula is C13H20N4O3. The lowest BCUT2D eigenvalue weighted by Gasteiger charge is -2.24. The van der Waals surface area contributed by atoms with E-state index in [0.29, 0.717) is 18.5 Å². The SMILES string of the molecule is CCCNc1ncc([N+](=O)[O-])c(OCCC2CCC2)n1. The molecule has 1 aliphatic rings. The fourth-order valence-electron chi connectivity index (χ4n) is 2.02. The number of nitrogens with zero attached hydrogens (tertiary/aromatic N) is 3. The summed E-state index contributed by atoms with van der Waals surface area (Å²) in [6.45, 7) is 3.21. The third-order valence-corrected chi connectivity index (χ3v) is 3.46. The van der Waals surface area contributed by atoms with Crippen LogP contribution in [0.2, 0.25) is 0 Å². The number of ether oxygens (including phenoxy) is 1. The van der Waals surface area contributed by atoms with Gasteiger partial charge >= 0.3 is 5.69 Å². The zero-order valence-corrected chi connectivity index (χ0v) is 11.7. The molecule has 1 saturated carbocycles. The highest BCUT2D eigenvalue weighted by molar-refractivity contribution is 5.43. The monoisotopic (exact) mass is 280 g/mol. The summed E-state index contributed by atoms with van der Waals surface area (Å²) in [6, 6.07) is 0. The molecule has 1 fully saturated rings. The van der Waals surface area contributed by atoms with E-state index in [0.717, 1.165) is 19.4 Å². The summed E-state index contributed by atoms with van der Waals surface area (Å²) in [5.41, 5.74) is -0.180. The van der Waals surface area contributed by atoms with Crippen LogP contribution in [0.1, 0.15) is 39.0 Å². The predicted octanol–water partition coefficient (Wildman–Crippen LogP) is 2.78. The van der Waals surface area contributed by atoms with Crippen molar-refractivity contribution in [1.29, 1.82) is 0 Å². The van der Waals surface area contributed by atoms with E-state index in [1.54, 1.807) is 0 Å². The summed E-state index contributed by atoms with van der Waals surface area (Å²) < 4.78 is 5.49. The van der Waals surface area contributed by atoms with Gasteiger partial charge in [-0.25, -0.2) is 4.98 Å². The second kappa shape index (κ2) is 7.02. The van der Waals surface area contributed by atoms with Crippen LogP contribution in [0.3, 0.4) is 0 Å². The smallest absolute Gasteiger partial charge is 0.349 e. The van der Waals surface area contributed by atoms with Crippen molar-refractivity contribution in [1.82, 2.24) is 9.97 Å². The molecule has 1 N–H and O–H groups in total. The van der Waals surface area contributed by atoms with Crippen molar-refractivity contribution in [2.24, 2.45) is 5.92 Å². The summed E-state index contributed by atoms with van der Waals surface area (Å²) in [6.07, 6.45) is 6.81. The van der Waals surface area contributed by atoms with Gasteiger partial charge in [0.15, 0.2) is 0 Å². The van der Waals surface area contributed by atoms with Gasteiger partial charge in [-0.05, 0) is 18.8 Å². The van der Waals surface area contributed by atoms with Crippen LogP contribution in [-0.2, 0) is 0 Å². The number of hydrogen-bond donors (Lipinski definition) is 1. The van der Waals surface area contributed by atoms with Crippen LogP contribution >= 0.6 is 0 Å². The van der Waals surface area contributed by atoms with Crippen LogP contribution in [-0.4, -0.2) is 28.0 Å². The number of aromatic nitrogens is 2. The second-order valence-electron chi connectivity index (χ2n) is 5.00. The Kier molecular flexibility index (Phi) is 5.09. The van der Waals surface area contributed by atoms with E-state index in [1.807, 2.05) is 6.92 Å². The molecule has 2 rings (SSSR count). The Morgan fingerprint density at radius 1 is 1.55 bits per heavy atom. The Bertz CT molecular complexity index is 463. The third-order valence-electron chi connectivity index (χ3n) is 3.46. The molecule has 0 radical (unpaired) electrons. The van der Waals surface area contributed by atoms with Crippen molar-refractivity contribution in [3.63, 3.8) is 0 Å². The van der Waals surface area contributed by atoms with E-state index in [9.17, 15) is 10.1 Å². The zero-order chi connectivity index (χ0) is 14.4. The average molecular weight is 280 g/mol. The maximum Gasteiger partial charge on any atom is 0.349 e. The minimum Gasteiger partial charge on any atom is -0.473 e. The summed E-state index contributed by atoms with van der Waals surface area (Å²) in [7, 11) is 0. The molecule has 0 spiro atoms. The molecule has 0 saturated heterocycles. The Morgan fingerprint density at radius 2 is 2.35 bits per heavy atom. The summed E-state index contributed by atoms with van der Waals surface area (Å²) >= 11 is 0. The second-order valence-corrected chi connectivity index (χ2v) is 5.00. The van der Waals surface area contributed by atoms with Crippen molar-refractivity contribution in [2.45, 2.75) is 39.0 Å². The molecule has 0 bridgehead atoms. The Morgan fingerprint density at radius 3 is 2.95 bits per heavy atom. The van der Waals surface area contributed by atoms with E-state index in [4.69, 9.17) is 4.74 Å². The molecule has 0 aromatic carbocycles. The van der Waals surface area contributed by atoms with Gasteiger partial charge in [0.1, 0.15) is 6.20 Å². The largest absolute Gasteiger partial charge is 0.473 e. The fraction of sp³-hybridized carbons (Fsp3) is 0.692. The first-order valence-electron chi connectivity index (χ1n) is 7.08. The van der Waals surface area contributed by atoms with Gasteiger partial charge in [-0.3, -0.25) is 10.1 Å². The first-order valence-corrected chi connectivity index (χ1v) is 7.08. The van der Waals surface area contributed by atoms with Crippen molar-refractivity contribution in [3.8, 4) is 5.88 Å².